The second kappa shape index (κ2) is 7.76. The number of carbonyl (C=O) groups excluding carboxylic acids is 1. The van der Waals surface area contributed by atoms with Gasteiger partial charge in [-0.1, -0.05) is 22.9 Å². The summed E-state index contributed by atoms with van der Waals surface area (Å²) in [5.74, 6) is -0.464. The van der Waals surface area contributed by atoms with E-state index >= 15 is 0 Å². The van der Waals surface area contributed by atoms with Crippen LogP contribution in [0, 0.1) is 5.82 Å². The van der Waals surface area contributed by atoms with E-state index in [0.29, 0.717) is 10.9 Å². The Bertz CT molecular complexity index is 417. The Labute approximate surface area is 118 Å². The zero-order chi connectivity index (χ0) is 13.5. The first-order valence-electron chi connectivity index (χ1n) is 5.50. The fourth-order valence-electron chi connectivity index (χ4n) is 1.26. The molecule has 1 rings (SSSR count). The van der Waals surface area contributed by atoms with Crippen LogP contribution < -0.4 is 5.32 Å². The van der Waals surface area contributed by atoms with E-state index in [1.165, 1.54) is 23.9 Å². The van der Waals surface area contributed by atoms with E-state index in [4.69, 9.17) is 5.11 Å². The number of carbonyl (C=O) groups is 1. The van der Waals surface area contributed by atoms with Gasteiger partial charge in [-0.25, -0.2) is 4.39 Å². The number of halogens is 2. The van der Waals surface area contributed by atoms with Crippen LogP contribution in [0.5, 0.6) is 0 Å². The van der Waals surface area contributed by atoms with Crippen LogP contribution in [-0.2, 0) is 4.79 Å². The lowest BCUT2D eigenvalue weighted by Gasteiger charge is -2.10. The highest BCUT2D eigenvalue weighted by Crippen LogP contribution is 2.20. The SMILES string of the molecule is CC(CCO)SCC(=O)Nc1ccc(Br)cc1F. The molecule has 6 heteroatoms. The fraction of sp³-hybridized carbons (Fsp3) is 0.417. The Morgan fingerprint density at radius 3 is 2.94 bits per heavy atom. The van der Waals surface area contributed by atoms with Crippen LogP contribution >= 0.6 is 27.7 Å². The minimum absolute atomic E-state index is 0.108. The van der Waals surface area contributed by atoms with Gasteiger partial charge in [-0.05, 0) is 24.6 Å². The number of nitrogens with one attached hydrogen (secondary N) is 1. The van der Waals surface area contributed by atoms with Crippen LogP contribution in [0.2, 0.25) is 0 Å². The first-order valence-corrected chi connectivity index (χ1v) is 7.34. The molecule has 0 saturated heterocycles. The van der Waals surface area contributed by atoms with E-state index in [9.17, 15) is 9.18 Å². The van der Waals surface area contributed by atoms with Gasteiger partial charge < -0.3 is 10.4 Å². The lowest BCUT2D eigenvalue weighted by atomic mass is 10.3. The quantitative estimate of drug-likeness (QED) is 0.840. The number of aliphatic hydroxyl groups excluding tert-OH is 1. The zero-order valence-corrected chi connectivity index (χ0v) is 12.4. The predicted octanol–water partition coefficient (Wildman–Crippen LogP) is 3.03. The summed E-state index contributed by atoms with van der Waals surface area (Å²) >= 11 is 4.58. The highest BCUT2D eigenvalue weighted by molar-refractivity contribution is 9.10. The number of hydrogen-bond donors (Lipinski definition) is 2. The number of aliphatic hydroxyl groups is 1. The van der Waals surface area contributed by atoms with Gasteiger partial charge in [0.25, 0.3) is 0 Å². The Balaban J connectivity index is 2.44. The molecule has 1 atom stereocenters. The molecule has 0 aliphatic carbocycles. The van der Waals surface area contributed by atoms with Gasteiger partial charge in [-0.15, -0.1) is 11.8 Å². The first-order chi connectivity index (χ1) is 8.52. The summed E-state index contributed by atoms with van der Waals surface area (Å²) in [4.78, 5) is 11.6. The number of anilines is 1. The van der Waals surface area contributed by atoms with Crippen molar-refractivity contribution in [1.82, 2.24) is 0 Å². The summed E-state index contributed by atoms with van der Waals surface area (Å²) in [5, 5.41) is 11.5. The van der Waals surface area contributed by atoms with E-state index < -0.39 is 5.82 Å². The summed E-state index contributed by atoms with van der Waals surface area (Å²) in [7, 11) is 0. The smallest absolute Gasteiger partial charge is 0.234 e. The van der Waals surface area contributed by atoms with Gasteiger partial charge in [0.2, 0.25) is 5.91 Å². The molecule has 100 valence electrons. The monoisotopic (exact) mass is 335 g/mol. The molecule has 0 radical (unpaired) electrons. The molecule has 0 aromatic heterocycles. The van der Waals surface area contributed by atoms with Gasteiger partial charge in [0.05, 0.1) is 11.4 Å². The second-order valence-corrected chi connectivity index (χ2v) is 6.15. The Kier molecular flexibility index (Phi) is 6.67. The molecule has 0 saturated carbocycles. The number of amides is 1. The van der Waals surface area contributed by atoms with Crippen molar-refractivity contribution < 1.29 is 14.3 Å². The maximum Gasteiger partial charge on any atom is 0.234 e. The molecule has 1 aromatic carbocycles. The molecular formula is C12H15BrFNO2S. The van der Waals surface area contributed by atoms with Gasteiger partial charge in [-0.2, -0.15) is 0 Å². The van der Waals surface area contributed by atoms with Crippen LogP contribution in [0.3, 0.4) is 0 Å². The number of thioether (sulfide) groups is 1. The van der Waals surface area contributed by atoms with E-state index in [2.05, 4.69) is 21.2 Å². The molecule has 1 amide bonds. The third-order valence-corrected chi connectivity index (χ3v) is 3.97. The molecule has 1 aromatic rings. The minimum atomic E-state index is -0.467. The molecule has 0 aliphatic rings. The van der Waals surface area contributed by atoms with Crippen LogP contribution in [0.4, 0.5) is 10.1 Å². The van der Waals surface area contributed by atoms with Crippen LogP contribution in [-0.4, -0.2) is 28.6 Å². The first kappa shape index (κ1) is 15.5. The Morgan fingerprint density at radius 2 is 2.33 bits per heavy atom. The molecule has 2 N–H and O–H groups in total. The Morgan fingerprint density at radius 1 is 1.61 bits per heavy atom. The average molecular weight is 336 g/mol. The number of hydrogen-bond acceptors (Lipinski definition) is 3. The number of benzene rings is 1. The van der Waals surface area contributed by atoms with Gasteiger partial charge in [-0.3, -0.25) is 4.79 Å². The van der Waals surface area contributed by atoms with E-state index in [0.717, 1.165) is 0 Å². The van der Waals surface area contributed by atoms with E-state index in [1.54, 1.807) is 6.07 Å². The molecule has 1 unspecified atom stereocenters. The van der Waals surface area contributed by atoms with Crippen molar-refractivity contribution in [2.24, 2.45) is 0 Å². The molecule has 0 aliphatic heterocycles. The second-order valence-electron chi connectivity index (χ2n) is 3.81. The van der Waals surface area contributed by atoms with E-state index in [1.807, 2.05) is 6.92 Å². The van der Waals surface area contributed by atoms with Gasteiger partial charge >= 0.3 is 0 Å². The van der Waals surface area contributed by atoms with Crippen molar-refractivity contribution in [2.75, 3.05) is 17.7 Å². The third-order valence-electron chi connectivity index (χ3n) is 2.24. The predicted molar refractivity (Wildman–Crippen MR) is 76.4 cm³/mol. The lowest BCUT2D eigenvalue weighted by molar-refractivity contribution is -0.113. The van der Waals surface area contributed by atoms with Crippen molar-refractivity contribution in [1.29, 1.82) is 0 Å². The third kappa shape index (κ3) is 5.37. The van der Waals surface area contributed by atoms with Crippen molar-refractivity contribution in [3.63, 3.8) is 0 Å². The summed E-state index contributed by atoms with van der Waals surface area (Å²) in [6.45, 7) is 2.05. The van der Waals surface area contributed by atoms with Crippen molar-refractivity contribution in [2.45, 2.75) is 18.6 Å². The van der Waals surface area contributed by atoms with E-state index in [-0.39, 0.29) is 29.2 Å². The molecule has 0 spiro atoms. The van der Waals surface area contributed by atoms with Crippen LogP contribution in [0.25, 0.3) is 0 Å². The number of rotatable bonds is 6. The zero-order valence-electron chi connectivity index (χ0n) is 9.95. The Hall–Kier alpha value is -0.590. The summed E-state index contributed by atoms with van der Waals surface area (Å²) < 4.78 is 14.1. The van der Waals surface area contributed by atoms with Crippen molar-refractivity contribution in [3.8, 4) is 0 Å². The largest absolute Gasteiger partial charge is 0.396 e. The standard InChI is InChI=1S/C12H15BrFNO2S/c1-8(4-5-16)18-7-12(17)15-11-3-2-9(13)6-10(11)14/h2-3,6,8,16H,4-5,7H2,1H3,(H,15,17). The van der Waals surface area contributed by atoms with Gasteiger partial charge in [0.15, 0.2) is 0 Å². The molecule has 0 bridgehead atoms. The lowest BCUT2D eigenvalue weighted by Crippen LogP contribution is -2.17. The summed E-state index contributed by atoms with van der Waals surface area (Å²) in [5.41, 5.74) is 0.179. The fourth-order valence-corrected chi connectivity index (χ4v) is 2.37. The summed E-state index contributed by atoms with van der Waals surface area (Å²) in [6, 6.07) is 4.48. The normalized spacial score (nSPS) is 12.2. The molecule has 3 nitrogen and oxygen atoms in total. The van der Waals surface area contributed by atoms with Gasteiger partial charge in [0.1, 0.15) is 5.82 Å². The molecule has 18 heavy (non-hydrogen) atoms. The summed E-state index contributed by atoms with van der Waals surface area (Å²) in [6.07, 6.45) is 0.643. The topological polar surface area (TPSA) is 49.3 Å². The maximum atomic E-state index is 13.4. The molecule has 0 heterocycles. The van der Waals surface area contributed by atoms with Gasteiger partial charge in [0, 0.05) is 16.3 Å². The average Bonchev–Trinajstić information content (AvgIpc) is 2.31. The highest BCUT2D eigenvalue weighted by atomic mass is 79.9. The van der Waals surface area contributed by atoms with Crippen molar-refractivity contribution in [3.05, 3.63) is 28.5 Å². The minimum Gasteiger partial charge on any atom is -0.396 e. The molecular weight excluding hydrogens is 321 g/mol. The maximum absolute atomic E-state index is 13.4. The van der Waals surface area contributed by atoms with Crippen LogP contribution in [0.1, 0.15) is 13.3 Å². The van der Waals surface area contributed by atoms with Crippen LogP contribution in [0.15, 0.2) is 22.7 Å². The highest BCUT2D eigenvalue weighted by Gasteiger charge is 2.09. The molecule has 0 fully saturated rings. The van der Waals surface area contributed by atoms with Crippen molar-refractivity contribution >= 4 is 39.3 Å².